The highest BCUT2D eigenvalue weighted by Crippen LogP contribution is 2.32. The molecule has 9 heteroatoms. The molecule has 2 aromatic rings. The highest BCUT2D eigenvalue weighted by atomic mass is 32.2. The van der Waals surface area contributed by atoms with E-state index >= 15 is 0 Å². The minimum atomic E-state index is -1.39. The van der Waals surface area contributed by atoms with E-state index in [1.165, 1.54) is 11.8 Å². The summed E-state index contributed by atoms with van der Waals surface area (Å²) in [5.74, 6) is 1.35. The maximum atomic E-state index is 12.4. The van der Waals surface area contributed by atoms with Crippen LogP contribution in [0.4, 0.5) is 11.5 Å². The van der Waals surface area contributed by atoms with Crippen LogP contribution in [0.3, 0.4) is 0 Å². The van der Waals surface area contributed by atoms with Crippen LogP contribution in [-0.2, 0) is 30.3 Å². The molecule has 4 rings (SSSR count). The number of amides is 1. The molecule has 0 bridgehead atoms. The fraction of sp³-hybridized carbons (Fsp3) is 0.400. The van der Waals surface area contributed by atoms with Crippen molar-refractivity contribution in [3.63, 3.8) is 0 Å². The number of carbonyl (C=O) groups excluding carboxylic acids is 2. The van der Waals surface area contributed by atoms with Gasteiger partial charge in [0.2, 0.25) is 5.91 Å². The molecule has 3 heterocycles. The lowest BCUT2D eigenvalue weighted by Gasteiger charge is -2.28. The SMILES string of the molecule is CC(=O)N1CC(=O)c2cc(-c3nc(C[SH+](C)=O)cc(N4CCOCC4)n3)ccc21. The molecular weight excluding hydrogens is 392 g/mol. The Hall–Kier alpha value is -2.65. The normalized spacial score (nSPS) is 17.4. The number of carbonyl (C=O) groups is 2. The van der Waals surface area contributed by atoms with Crippen LogP contribution < -0.4 is 9.80 Å². The van der Waals surface area contributed by atoms with Crippen molar-refractivity contribution in [3.05, 3.63) is 35.5 Å². The Morgan fingerprint density at radius 3 is 2.66 bits per heavy atom. The Labute approximate surface area is 171 Å². The second-order valence-corrected chi connectivity index (χ2v) is 8.76. The van der Waals surface area contributed by atoms with E-state index in [0.717, 1.165) is 18.9 Å². The molecule has 0 saturated carbocycles. The number of Topliss-reactive ketones (excluding diaryl/α,β-unsaturated/α-hetero) is 1. The number of hydrogen-bond donors (Lipinski definition) is 0. The number of fused-ring (bicyclic) bond motifs is 1. The Balaban J connectivity index is 1.76. The molecule has 8 nitrogen and oxygen atoms in total. The van der Waals surface area contributed by atoms with Gasteiger partial charge in [-0.05, 0) is 18.2 Å². The Morgan fingerprint density at radius 2 is 1.97 bits per heavy atom. The number of nitrogens with zero attached hydrogens (tertiary/aromatic N) is 4. The maximum Gasteiger partial charge on any atom is 0.224 e. The predicted octanol–water partition coefficient (Wildman–Crippen LogP) is 1.36. The van der Waals surface area contributed by atoms with E-state index in [0.29, 0.717) is 47.3 Å². The van der Waals surface area contributed by atoms with Crippen LogP contribution in [0.2, 0.25) is 0 Å². The van der Waals surface area contributed by atoms with Crippen molar-refractivity contribution < 1.29 is 18.5 Å². The van der Waals surface area contributed by atoms with Gasteiger partial charge in [0.25, 0.3) is 0 Å². The Bertz CT molecular complexity index is 1000. The lowest BCUT2D eigenvalue weighted by Crippen LogP contribution is -2.37. The van der Waals surface area contributed by atoms with Gasteiger partial charge in [0, 0.05) is 37.2 Å². The summed E-state index contributed by atoms with van der Waals surface area (Å²) >= 11 is 0. The van der Waals surface area contributed by atoms with Gasteiger partial charge in [-0.25, -0.2) is 9.97 Å². The molecule has 0 radical (unpaired) electrons. The standard InChI is InChI=1S/C20H22N4O4S/c1-13(25)24-11-18(26)16-9-14(3-4-17(16)24)20-21-15(12-29(2)27)10-19(22-20)23-5-7-28-8-6-23/h3-4,9-10H,5-8,11-12H2,1-2H3/p+1. The second kappa shape index (κ2) is 8.00. The zero-order chi connectivity index (χ0) is 20.5. The summed E-state index contributed by atoms with van der Waals surface area (Å²) in [5, 5.41) is 0. The smallest absolute Gasteiger partial charge is 0.224 e. The van der Waals surface area contributed by atoms with E-state index in [9.17, 15) is 13.8 Å². The molecule has 0 aliphatic carbocycles. The van der Waals surface area contributed by atoms with Crippen molar-refractivity contribution in [2.45, 2.75) is 12.7 Å². The lowest BCUT2D eigenvalue weighted by atomic mass is 10.1. The fourth-order valence-electron chi connectivity index (χ4n) is 3.60. The number of ketones is 1. The first-order valence-corrected chi connectivity index (χ1v) is 11.4. The van der Waals surface area contributed by atoms with Crippen molar-refractivity contribution in [3.8, 4) is 11.4 Å². The van der Waals surface area contributed by atoms with Gasteiger partial charge in [-0.3, -0.25) is 9.59 Å². The molecule has 1 aromatic heterocycles. The summed E-state index contributed by atoms with van der Waals surface area (Å²) < 4.78 is 17.2. The fourth-order valence-corrected chi connectivity index (χ4v) is 4.22. The van der Waals surface area contributed by atoms with Gasteiger partial charge in [0.15, 0.2) is 17.4 Å². The lowest BCUT2D eigenvalue weighted by molar-refractivity contribution is -0.116. The van der Waals surface area contributed by atoms with Crippen molar-refractivity contribution in [2.75, 3.05) is 48.9 Å². The van der Waals surface area contributed by atoms with Gasteiger partial charge in [-0.15, -0.1) is 4.21 Å². The van der Waals surface area contributed by atoms with E-state index in [4.69, 9.17) is 9.72 Å². The number of hydrogen-bond acceptors (Lipinski definition) is 7. The minimum Gasteiger partial charge on any atom is -0.378 e. The molecule has 1 aromatic carbocycles. The van der Waals surface area contributed by atoms with E-state index in [1.807, 2.05) is 12.1 Å². The van der Waals surface area contributed by atoms with E-state index < -0.39 is 10.8 Å². The first kappa shape index (κ1) is 19.7. The van der Waals surface area contributed by atoms with Crippen LogP contribution in [0.1, 0.15) is 23.0 Å². The maximum absolute atomic E-state index is 12.4. The zero-order valence-corrected chi connectivity index (χ0v) is 17.3. The molecule has 1 atom stereocenters. The van der Waals surface area contributed by atoms with Gasteiger partial charge in [0.1, 0.15) is 5.82 Å². The van der Waals surface area contributed by atoms with E-state index in [-0.39, 0.29) is 18.2 Å². The predicted molar refractivity (Wildman–Crippen MR) is 112 cm³/mol. The highest BCUT2D eigenvalue weighted by Gasteiger charge is 2.29. The third kappa shape index (κ3) is 4.06. The topological polar surface area (TPSA) is 92.7 Å². The molecule has 0 spiro atoms. The average molecular weight is 415 g/mol. The van der Waals surface area contributed by atoms with Crippen LogP contribution in [0.25, 0.3) is 11.4 Å². The van der Waals surface area contributed by atoms with Crippen molar-refractivity contribution in [1.29, 1.82) is 0 Å². The summed E-state index contributed by atoms with van der Waals surface area (Å²) in [6.45, 7) is 4.22. The quantitative estimate of drug-likeness (QED) is 0.550. The molecule has 0 N–H and O–H groups in total. The van der Waals surface area contributed by atoms with Crippen LogP contribution >= 0.6 is 0 Å². The number of morpholine rings is 1. The molecule has 1 saturated heterocycles. The van der Waals surface area contributed by atoms with Crippen LogP contribution in [0, 0.1) is 0 Å². The van der Waals surface area contributed by atoms with Crippen LogP contribution in [0.15, 0.2) is 24.3 Å². The van der Waals surface area contributed by atoms with Crippen molar-refractivity contribution in [2.24, 2.45) is 0 Å². The van der Waals surface area contributed by atoms with Gasteiger partial charge in [-0.1, -0.05) is 0 Å². The van der Waals surface area contributed by atoms with Gasteiger partial charge >= 0.3 is 0 Å². The first-order valence-electron chi connectivity index (χ1n) is 9.47. The van der Waals surface area contributed by atoms with Crippen LogP contribution in [0.5, 0.6) is 0 Å². The van der Waals surface area contributed by atoms with Crippen molar-refractivity contribution in [1.82, 2.24) is 9.97 Å². The molecule has 1 amide bonds. The summed E-state index contributed by atoms with van der Waals surface area (Å²) in [6.07, 6.45) is 1.68. The summed E-state index contributed by atoms with van der Waals surface area (Å²) in [6, 6.07) is 7.21. The molecule has 1 fully saturated rings. The molecule has 29 heavy (non-hydrogen) atoms. The number of aromatic nitrogens is 2. The average Bonchev–Trinajstić information content (AvgIpc) is 3.04. The second-order valence-electron chi connectivity index (χ2n) is 7.19. The number of thiol groups is 1. The van der Waals surface area contributed by atoms with E-state index in [1.54, 1.807) is 18.4 Å². The first-order chi connectivity index (χ1) is 13.9. The minimum absolute atomic E-state index is 0.0599. The zero-order valence-electron chi connectivity index (χ0n) is 16.4. The molecule has 1 unspecified atom stereocenters. The number of anilines is 2. The van der Waals surface area contributed by atoms with Crippen molar-refractivity contribution >= 4 is 34.0 Å². The number of rotatable bonds is 4. The number of benzene rings is 1. The van der Waals surface area contributed by atoms with Gasteiger partial charge < -0.3 is 14.5 Å². The third-order valence-electron chi connectivity index (χ3n) is 5.01. The number of ether oxygens (including phenoxy) is 1. The monoisotopic (exact) mass is 415 g/mol. The largest absolute Gasteiger partial charge is 0.378 e. The molecule has 2 aliphatic heterocycles. The highest BCUT2D eigenvalue weighted by molar-refractivity contribution is 7.83. The summed E-state index contributed by atoms with van der Waals surface area (Å²) in [4.78, 5) is 37.1. The molecular formula is C20H23N4O4S+. The summed E-state index contributed by atoms with van der Waals surface area (Å²) in [7, 11) is -1.39. The van der Waals surface area contributed by atoms with Crippen LogP contribution in [-0.4, -0.2) is 60.8 Å². The van der Waals surface area contributed by atoms with Gasteiger partial charge in [0.05, 0.1) is 48.2 Å². The summed E-state index contributed by atoms with van der Waals surface area (Å²) in [5.41, 5.74) is 2.52. The molecule has 152 valence electrons. The Morgan fingerprint density at radius 1 is 1.21 bits per heavy atom. The molecule has 2 aliphatic rings. The third-order valence-corrected chi connectivity index (χ3v) is 5.78. The van der Waals surface area contributed by atoms with E-state index in [2.05, 4.69) is 9.88 Å². The van der Waals surface area contributed by atoms with Gasteiger partial charge in [-0.2, -0.15) is 0 Å². The Kier molecular flexibility index (Phi) is 5.42.